The first kappa shape index (κ1) is 10.1. The van der Waals surface area contributed by atoms with Crippen LogP contribution in [0.4, 0.5) is 0 Å². The molecule has 1 heterocycles. The molecule has 0 aliphatic carbocycles. The predicted molar refractivity (Wildman–Crippen MR) is 54.7 cm³/mol. The van der Waals surface area contributed by atoms with Crippen LogP contribution in [-0.4, -0.2) is 23.0 Å². The van der Waals surface area contributed by atoms with Crippen molar-refractivity contribution in [3.05, 3.63) is 17.5 Å². The number of hydrogen-bond acceptors (Lipinski definition) is 4. The maximum absolute atomic E-state index is 9.58. The highest BCUT2D eigenvalue weighted by Crippen LogP contribution is 2.26. The van der Waals surface area contributed by atoms with Crippen molar-refractivity contribution in [3.63, 3.8) is 0 Å². The van der Waals surface area contributed by atoms with Crippen LogP contribution in [0.5, 0.6) is 0 Å². The molecule has 0 aliphatic heterocycles. The van der Waals surface area contributed by atoms with Gasteiger partial charge < -0.3 is 10.8 Å². The van der Waals surface area contributed by atoms with Gasteiger partial charge in [0.1, 0.15) is 0 Å². The first-order valence-electron chi connectivity index (χ1n) is 3.73. The standard InChI is InChI=1S/C8H13NOS2/c1-8(10,5-9)6-12-7-3-2-4-11-7/h2-4,10H,5-6,9H2,1H3. The number of rotatable bonds is 4. The van der Waals surface area contributed by atoms with E-state index in [1.54, 1.807) is 30.0 Å². The van der Waals surface area contributed by atoms with Crippen LogP contribution in [0, 0.1) is 0 Å². The largest absolute Gasteiger partial charge is 0.388 e. The van der Waals surface area contributed by atoms with Gasteiger partial charge in [-0.1, -0.05) is 6.07 Å². The Bertz CT molecular complexity index is 221. The molecule has 1 aromatic heterocycles. The minimum atomic E-state index is -0.741. The van der Waals surface area contributed by atoms with Crippen molar-refractivity contribution in [3.8, 4) is 0 Å². The second kappa shape index (κ2) is 4.28. The van der Waals surface area contributed by atoms with Gasteiger partial charge in [0.05, 0.1) is 9.81 Å². The molecule has 68 valence electrons. The highest BCUT2D eigenvalue weighted by atomic mass is 32.2. The highest BCUT2D eigenvalue weighted by Gasteiger charge is 2.17. The summed E-state index contributed by atoms with van der Waals surface area (Å²) in [6.07, 6.45) is 0. The summed E-state index contributed by atoms with van der Waals surface area (Å²) in [5, 5.41) is 11.6. The third-order valence-corrected chi connectivity index (χ3v) is 3.95. The van der Waals surface area contributed by atoms with Crippen LogP contribution in [-0.2, 0) is 0 Å². The maximum Gasteiger partial charge on any atom is 0.0835 e. The van der Waals surface area contributed by atoms with Crippen molar-refractivity contribution in [2.75, 3.05) is 12.3 Å². The van der Waals surface area contributed by atoms with Gasteiger partial charge in [-0.05, 0) is 18.4 Å². The van der Waals surface area contributed by atoms with E-state index in [9.17, 15) is 5.11 Å². The molecule has 1 aromatic rings. The molecule has 4 heteroatoms. The lowest BCUT2D eigenvalue weighted by atomic mass is 10.1. The molecular weight excluding hydrogens is 190 g/mol. The molecule has 0 saturated carbocycles. The summed E-state index contributed by atoms with van der Waals surface area (Å²) in [5.74, 6) is 0.657. The van der Waals surface area contributed by atoms with Crippen LogP contribution in [0.3, 0.4) is 0 Å². The van der Waals surface area contributed by atoms with Crippen molar-refractivity contribution >= 4 is 23.1 Å². The molecule has 0 spiro atoms. The Balaban J connectivity index is 2.36. The van der Waals surface area contributed by atoms with Gasteiger partial charge in [-0.15, -0.1) is 23.1 Å². The topological polar surface area (TPSA) is 46.2 Å². The summed E-state index contributed by atoms with van der Waals surface area (Å²) in [6, 6.07) is 4.05. The third kappa shape index (κ3) is 3.15. The SMILES string of the molecule is CC(O)(CN)CSc1cccs1. The summed E-state index contributed by atoms with van der Waals surface area (Å²) in [7, 11) is 0. The molecule has 0 bridgehead atoms. The fourth-order valence-electron chi connectivity index (χ4n) is 0.631. The Morgan fingerprint density at radius 1 is 1.75 bits per heavy atom. The second-order valence-electron chi connectivity index (χ2n) is 2.92. The zero-order valence-corrected chi connectivity index (χ0v) is 8.62. The third-order valence-electron chi connectivity index (χ3n) is 1.46. The molecule has 0 amide bonds. The van der Waals surface area contributed by atoms with E-state index in [4.69, 9.17) is 5.73 Å². The molecule has 0 fully saturated rings. The van der Waals surface area contributed by atoms with Crippen LogP contribution >= 0.6 is 23.1 Å². The Morgan fingerprint density at radius 3 is 3.00 bits per heavy atom. The van der Waals surface area contributed by atoms with Crippen LogP contribution in [0.15, 0.2) is 21.7 Å². The molecule has 3 N–H and O–H groups in total. The fraction of sp³-hybridized carbons (Fsp3) is 0.500. The van der Waals surface area contributed by atoms with E-state index in [0.717, 1.165) is 0 Å². The Kier molecular flexibility index (Phi) is 3.58. The van der Waals surface area contributed by atoms with Crippen molar-refractivity contribution < 1.29 is 5.11 Å². The Labute approximate surface area is 80.8 Å². The number of thioether (sulfide) groups is 1. The number of nitrogens with two attached hydrogens (primary N) is 1. The first-order valence-corrected chi connectivity index (χ1v) is 5.59. The Hall–Kier alpha value is -0.0300. The van der Waals surface area contributed by atoms with Gasteiger partial charge in [0.15, 0.2) is 0 Å². The van der Waals surface area contributed by atoms with Crippen molar-refractivity contribution in [1.29, 1.82) is 0 Å². The van der Waals surface area contributed by atoms with Gasteiger partial charge in [-0.25, -0.2) is 0 Å². The first-order chi connectivity index (χ1) is 5.64. The van der Waals surface area contributed by atoms with Gasteiger partial charge in [0.25, 0.3) is 0 Å². The summed E-state index contributed by atoms with van der Waals surface area (Å²) in [6.45, 7) is 2.07. The van der Waals surface area contributed by atoms with Crippen molar-refractivity contribution in [1.82, 2.24) is 0 Å². The molecular formula is C8H13NOS2. The van der Waals surface area contributed by atoms with Crippen LogP contribution in [0.25, 0.3) is 0 Å². The lowest BCUT2D eigenvalue weighted by molar-refractivity contribution is 0.0950. The molecule has 2 nitrogen and oxygen atoms in total. The number of thiophene rings is 1. The highest BCUT2D eigenvalue weighted by molar-refractivity contribution is 8.01. The van der Waals surface area contributed by atoms with Crippen LogP contribution in [0.2, 0.25) is 0 Å². The molecule has 1 atom stereocenters. The average molecular weight is 203 g/mol. The normalized spacial score (nSPS) is 15.9. The molecule has 0 saturated heterocycles. The number of hydrogen-bond donors (Lipinski definition) is 2. The smallest absolute Gasteiger partial charge is 0.0835 e. The molecule has 1 rings (SSSR count). The predicted octanol–water partition coefficient (Wildman–Crippen LogP) is 1.55. The van der Waals surface area contributed by atoms with E-state index in [1.165, 1.54) is 4.21 Å². The lowest BCUT2D eigenvalue weighted by Crippen LogP contribution is -2.36. The molecule has 0 aromatic carbocycles. The van der Waals surface area contributed by atoms with Crippen molar-refractivity contribution in [2.45, 2.75) is 16.7 Å². The Morgan fingerprint density at radius 2 is 2.50 bits per heavy atom. The maximum atomic E-state index is 9.58. The second-order valence-corrected chi connectivity index (χ2v) is 5.15. The summed E-state index contributed by atoms with van der Waals surface area (Å²) < 4.78 is 1.23. The summed E-state index contributed by atoms with van der Waals surface area (Å²) >= 11 is 3.33. The summed E-state index contributed by atoms with van der Waals surface area (Å²) in [5.41, 5.74) is 4.64. The van der Waals surface area contributed by atoms with E-state index >= 15 is 0 Å². The molecule has 12 heavy (non-hydrogen) atoms. The van der Waals surface area contributed by atoms with Crippen LogP contribution < -0.4 is 5.73 Å². The van der Waals surface area contributed by atoms with Gasteiger partial charge in [0.2, 0.25) is 0 Å². The van der Waals surface area contributed by atoms with E-state index < -0.39 is 5.60 Å². The van der Waals surface area contributed by atoms with E-state index in [-0.39, 0.29) is 0 Å². The molecule has 1 unspecified atom stereocenters. The molecule has 0 radical (unpaired) electrons. The van der Waals surface area contributed by atoms with Gasteiger partial charge in [0, 0.05) is 12.3 Å². The van der Waals surface area contributed by atoms with E-state index in [1.807, 2.05) is 17.5 Å². The fourth-order valence-corrected chi connectivity index (χ4v) is 2.44. The van der Waals surface area contributed by atoms with E-state index in [0.29, 0.717) is 12.3 Å². The zero-order chi connectivity index (χ0) is 9.03. The minimum absolute atomic E-state index is 0.311. The number of aliphatic hydroxyl groups is 1. The van der Waals surface area contributed by atoms with E-state index in [2.05, 4.69) is 0 Å². The quantitative estimate of drug-likeness (QED) is 0.730. The van der Waals surface area contributed by atoms with Crippen LogP contribution in [0.1, 0.15) is 6.92 Å². The van der Waals surface area contributed by atoms with Gasteiger partial charge in [-0.3, -0.25) is 0 Å². The van der Waals surface area contributed by atoms with Crippen molar-refractivity contribution in [2.24, 2.45) is 5.73 Å². The monoisotopic (exact) mass is 203 g/mol. The molecule has 0 aliphatic rings. The summed E-state index contributed by atoms with van der Waals surface area (Å²) in [4.78, 5) is 0. The zero-order valence-electron chi connectivity index (χ0n) is 6.99. The van der Waals surface area contributed by atoms with Gasteiger partial charge >= 0.3 is 0 Å². The average Bonchev–Trinajstić information content (AvgIpc) is 2.53. The van der Waals surface area contributed by atoms with Gasteiger partial charge in [-0.2, -0.15) is 0 Å². The lowest BCUT2D eigenvalue weighted by Gasteiger charge is -2.19. The minimum Gasteiger partial charge on any atom is -0.388 e.